The number of carbonyl (C=O) groups is 1. The predicted molar refractivity (Wildman–Crippen MR) is 71.9 cm³/mol. The van der Waals surface area contributed by atoms with E-state index in [-0.39, 0.29) is 37.1 Å². The molecule has 0 fully saturated rings. The summed E-state index contributed by atoms with van der Waals surface area (Å²) in [4.78, 5) is 13.5. The van der Waals surface area contributed by atoms with Crippen LogP contribution in [0, 0.1) is 11.6 Å². The third-order valence-electron chi connectivity index (χ3n) is 3.14. The van der Waals surface area contributed by atoms with Crippen molar-refractivity contribution in [2.24, 2.45) is 5.73 Å². The van der Waals surface area contributed by atoms with Crippen LogP contribution in [-0.4, -0.2) is 37.1 Å². The predicted octanol–water partition coefficient (Wildman–Crippen LogP) is 1.68. The van der Waals surface area contributed by atoms with Gasteiger partial charge < -0.3 is 15.4 Å². The Morgan fingerprint density at radius 2 is 2.00 bits per heavy atom. The molecular formula is C14H20F2N2O2. The maximum Gasteiger partial charge on any atom is 0.225 e. The lowest BCUT2D eigenvalue weighted by molar-refractivity contribution is -0.134. The maximum atomic E-state index is 13.6. The Morgan fingerprint density at radius 1 is 1.40 bits per heavy atom. The molecule has 1 unspecified atom stereocenters. The van der Waals surface area contributed by atoms with Crippen molar-refractivity contribution >= 4 is 5.91 Å². The summed E-state index contributed by atoms with van der Waals surface area (Å²) < 4.78 is 32.2. The van der Waals surface area contributed by atoms with Gasteiger partial charge >= 0.3 is 0 Å². The van der Waals surface area contributed by atoms with Crippen LogP contribution in [-0.2, 0) is 16.1 Å². The number of carbonyl (C=O) groups excluding carboxylic acids is 1. The topological polar surface area (TPSA) is 55.6 Å². The lowest BCUT2D eigenvalue weighted by Crippen LogP contribution is -2.36. The van der Waals surface area contributed by atoms with Crippen LogP contribution >= 0.6 is 0 Å². The summed E-state index contributed by atoms with van der Waals surface area (Å²) in [5.41, 5.74) is 5.35. The number of hydrogen-bond acceptors (Lipinski definition) is 3. The van der Waals surface area contributed by atoms with E-state index in [0.717, 1.165) is 0 Å². The minimum atomic E-state index is -0.654. The maximum absolute atomic E-state index is 13.6. The van der Waals surface area contributed by atoms with E-state index < -0.39 is 11.6 Å². The standard InChI is InChI=1S/C14H20F2N2O2/c1-3-18(14(19)7-10(8-17)20-2)9-11-12(15)5-4-6-13(11)16/h4-6,10H,3,7-9,17H2,1-2H3. The number of ether oxygens (including phenoxy) is 1. The van der Waals surface area contributed by atoms with Crippen LogP contribution in [0.3, 0.4) is 0 Å². The first-order chi connectivity index (χ1) is 9.53. The summed E-state index contributed by atoms with van der Waals surface area (Å²) in [6.45, 7) is 2.22. The molecule has 0 heterocycles. The van der Waals surface area contributed by atoms with Gasteiger partial charge in [-0.2, -0.15) is 0 Å². The first-order valence-electron chi connectivity index (χ1n) is 6.47. The van der Waals surface area contributed by atoms with Crippen molar-refractivity contribution in [3.05, 3.63) is 35.4 Å². The molecule has 0 aliphatic heterocycles. The van der Waals surface area contributed by atoms with Gasteiger partial charge in [-0.1, -0.05) is 6.07 Å². The minimum absolute atomic E-state index is 0.0942. The van der Waals surface area contributed by atoms with E-state index >= 15 is 0 Å². The second-order valence-electron chi connectivity index (χ2n) is 4.41. The van der Waals surface area contributed by atoms with Gasteiger partial charge in [-0.15, -0.1) is 0 Å². The Morgan fingerprint density at radius 3 is 2.45 bits per heavy atom. The molecule has 6 heteroatoms. The Bertz CT molecular complexity index is 431. The second-order valence-corrected chi connectivity index (χ2v) is 4.41. The quantitative estimate of drug-likeness (QED) is 0.829. The van der Waals surface area contributed by atoms with Crippen LogP contribution in [0.2, 0.25) is 0 Å². The fourth-order valence-corrected chi connectivity index (χ4v) is 1.84. The van der Waals surface area contributed by atoms with Crippen LogP contribution in [0.25, 0.3) is 0 Å². The second kappa shape index (κ2) is 7.91. The van der Waals surface area contributed by atoms with Gasteiger partial charge in [0.25, 0.3) is 0 Å². The number of benzene rings is 1. The van der Waals surface area contributed by atoms with Crippen molar-refractivity contribution in [1.29, 1.82) is 0 Å². The lowest BCUT2D eigenvalue weighted by Gasteiger charge is -2.23. The first kappa shape index (κ1) is 16.5. The molecule has 0 saturated carbocycles. The molecule has 20 heavy (non-hydrogen) atoms. The highest BCUT2D eigenvalue weighted by atomic mass is 19.1. The van der Waals surface area contributed by atoms with Crippen molar-refractivity contribution in [2.75, 3.05) is 20.2 Å². The summed E-state index contributed by atoms with van der Waals surface area (Å²) in [5.74, 6) is -1.55. The van der Waals surface area contributed by atoms with Crippen molar-refractivity contribution in [2.45, 2.75) is 26.0 Å². The molecule has 0 aromatic heterocycles. The Kier molecular flexibility index (Phi) is 6.54. The molecule has 2 N–H and O–H groups in total. The molecule has 0 saturated heterocycles. The van der Waals surface area contributed by atoms with E-state index in [9.17, 15) is 13.6 Å². The number of nitrogens with two attached hydrogens (primary N) is 1. The molecule has 1 aromatic rings. The van der Waals surface area contributed by atoms with E-state index in [4.69, 9.17) is 10.5 Å². The smallest absolute Gasteiger partial charge is 0.225 e. The number of methoxy groups -OCH3 is 1. The molecule has 1 amide bonds. The van der Waals surface area contributed by atoms with Crippen LogP contribution in [0.15, 0.2) is 18.2 Å². The van der Waals surface area contributed by atoms with Crippen molar-refractivity contribution in [1.82, 2.24) is 4.90 Å². The summed E-state index contributed by atoms with van der Waals surface area (Å²) >= 11 is 0. The number of amides is 1. The van der Waals surface area contributed by atoms with Gasteiger partial charge in [-0.25, -0.2) is 8.78 Å². The third kappa shape index (κ3) is 4.25. The summed E-state index contributed by atoms with van der Waals surface area (Å²) in [6, 6.07) is 3.64. The zero-order chi connectivity index (χ0) is 15.1. The SMILES string of the molecule is CCN(Cc1c(F)cccc1F)C(=O)CC(CN)OC. The first-order valence-corrected chi connectivity index (χ1v) is 6.47. The fourth-order valence-electron chi connectivity index (χ4n) is 1.84. The van der Waals surface area contributed by atoms with E-state index in [1.807, 2.05) is 0 Å². The van der Waals surface area contributed by atoms with Crippen LogP contribution in [0.4, 0.5) is 8.78 Å². The molecule has 0 spiro atoms. The lowest BCUT2D eigenvalue weighted by atomic mass is 10.1. The molecule has 0 bridgehead atoms. The van der Waals surface area contributed by atoms with Crippen LogP contribution < -0.4 is 5.73 Å². The number of nitrogens with zero attached hydrogens (tertiary/aromatic N) is 1. The molecule has 112 valence electrons. The van der Waals surface area contributed by atoms with Gasteiger partial charge in [0, 0.05) is 25.8 Å². The van der Waals surface area contributed by atoms with E-state index in [2.05, 4.69) is 0 Å². The van der Waals surface area contributed by atoms with Crippen molar-refractivity contribution in [3.8, 4) is 0 Å². The fraction of sp³-hybridized carbons (Fsp3) is 0.500. The molecule has 0 radical (unpaired) electrons. The molecule has 4 nitrogen and oxygen atoms in total. The number of rotatable bonds is 7. The summed E-state index contributed by atoms with van der Waals surface area (Å²) in [6.07, 6.45) is -0.293. The molecule has 0 aliphatic carbocycles. The zero-order valence-electron chi connectivity index (χ0n) is 11.7. The van der Waals surface area contributed by atoms with E-state index in [0.29, 0.717) is 6.54 Å². The highest BCUT2D eigenvalue weighted by molar-refractivity contribution is 5.76. The van der Waals surface area contributed by atoms with Gasteiger partial charge in [0.1, 0.15) is 11.6 Å². The van der Waals surface area contributed by atoms with Crippen molar-refractivity contribution < 1.29 is 18.3 Å². The molecule has 1 atom stereocenters. The summed E-state index contributed by atoms with van der Waals surface area (Å²) in [7, 11) is 1.47. The molecule has 0 aliphatic rings. The highest BCUT2D eigenvalue weighted by Crippen LogP contribution is 2.15. The Labute approximate surface area is 117 Å². The number of halogens is 2. The van der Waals surface area contributed by atoms with E-state index in [1.165, 1.54) is 30.2 Å². The molecule has 1 aromatic carbocycles. The van der Waals surface area contributed by atoms with Gasteiger partial charge in [0.05, 0.1) is 19.1 Å². The van der Waals surface area contributed by atoms with E-state index in [1.54, 1.807) is 6.92 Å². The van der Waals surface area contributed by atoms with Crippen LogP contribution in [0.5, 0.6) is 0 Å². The average Bonchev–Trinajstić information content (AvgIpc) is 2.44. The van der Waals surface area contributed by atoms with Gasteiger partial charge in [-0.05, 0) is 19.1 Å². The zero-order valence-corrected chi connectivity index (χ0v) is 11.7. The highest BCUT2D eigenvalue weighted by Gasteiger charge is 2.20. The van der Waals surface area contributed by atoms with Gasteiger partial charge in [0.2, 0.25) is 5.91 Å². The van der Waals surface area contributed by atoms with Gasteiger partial charge in [-0.3, -0.25) is 4.79 Å². The molecular weight excluding hydrogens is 266 g/mol. The normalized spacial score (nSPS) is 12.2. The van der Waals surface area contributed by atoms with Gasteiger partial charge in [0.15, 0.2) is 0 Å². The average molecular weight is 286 g/mol. The van der Waals surface area contributed by atoms with Crippen molar-refractivity contribution in [3.63, 3.8) is 0 Å². The minimum Gasteiger partial charge on any atom is -0.380 e. The Hall–Kier alpha value is -1.53. The summed E-state index contributed by atoms with van der Waals surface area (Å²) in [5, 5.41) is 0. The monoisotopic (exact) mass is 286 g/mol. The number of hydrogen-bond donors (Lipinski definition) is 1. The largest absolute Gasteiger partial charge is 0.380 e. The molecule has 1 rings (SSSR count). The van der Waals surface area contributed by atoms with Crippen LogP contribution in [0.1, 0.15) is 18.9 Å². The Balaban J connectivity index is 2.79. The third-order valence-corrected chi connectivity index (χ3v) is 3.14.